The third-order valence-corrected chi connectivity index (χ3v) is 2.75. The number of benzene rings is 1. The van der Waals surface area contributed by atoms with Gasteiger partial charge in [-0.25, -0.2) is 4.39 Å². The van der Waals surface area contributed by atoms with Crippen molar-refractivity contribution < 1.29 is 9.50 Å². The smallest absolute Gasteiger partial charge is 0.123 e. The molecule has 2 atom stereocenters. The predicted molar refractivity (Wildman–Crippen MR) is 63.7 cm³/mol. The van der Waals surface area contributed by atoms with Gasteiger partial charge in [-0.1, -0.05) is 26.0 Å². The molecule has 0 radical (unpaired) electrons. The first-order valence-corrected chi connectivity index (χ1v) is 5.84. The van der Waals surface area contributed by atoms with Gasteiger partial charge in [-0.05, 0) is 30.5 Å². The quantitative estimate of drug-likeness (QED) is 0.780. The summed E-state index contributed by atoms with van der Waals surface area (Å²) in [7, 11) is 0. The highest BCUT2D eigenvalue weighted by Crippen LogP contribution is 2.16. The van der Waals surface area contributed by atoms with Crippen LogP contribution in [0.4, 0.5) is 4.39 Å². The second kappa shape index (κ2) is 6.61. The Bertz CT molecular complexity index is 299. The summed E-state index contributed by atoms with van der Waals surface area (Å²) < 4.78 is 12.8. The van der Waals surface area contributed by atoms with Gasteiger partial charge in [-0.15, -0.1) is 0 Å². The van der Waals surface area contributed by atoms with E-state index in [1.807, 2.05) is 6.92 Å². The van der Waals surface area contributed by atoms with E-state index >= 15 is 0 Å². The van der Waals surface area contributed by atoms with Crippen molar-refractivity contribution >= 4 is 0 Å². The normalized spacial score (nSPS) is 14.8. The van der Waals surface area contributed by atoms with Crippen LogP contribution in [0.2, 0.25) is 0 Å². The zero-order valence-corrected chi connectivity index (χ0v) is 9.91. The standard InChI is InChI=1S/C13H20FNO/c1-3-12(16)9-15-13(4-2)10-5-7-11(14)8-6-10/h5-8,12-13,15-16H,3-4,9H2,1-2H3. The Labute approximate surface area is 96.5 Å². The topological polar surface area (TPSA) is 32.3 Å². The maximum absolute atomic E-state index is 12.8. The van der Waals surface area contributed by atoms with Gasteiger partial charge in [0.05, 0.1) is 6.10 Å². The minimum atomic E-state index is -0.311. The number of nitrogens with one attached hydrogen (secondary N) is 1. The fourth-order valence-corrected chi connectivity index (χ4v) is 1.62. The average Bonchev–Trinajstić information content (AvgIpc) is 2.31. The fraction of sp³-hybridized carbons (Fsp3) is 0.538. The number of aliphatic hydroxyl groups excluding tert-OH is 1. The summed E-state index contributed by atoms with van der Waals surface area (Å²) in [5.74, 6) is -0.216. The van der Waals surface area contributed by atoms with E-state index in [9.17, 15) is 9.50 Å². The van der Waals surface area contributed by atoms with Gasteiger partial charge in [0.1, 0.15) is 5.82 Å². The number of aliphatic hydroxyl groups is 1. The Kier molecular flexibility index (Phi) is 5.43. The van der Waals surface area contributed by atoms with Crippen LogP contribution in [0.1, 0.15) is 38.3 Å². The van der Waals surface area contributed by atoms with E-state index in [1.54, 1.807) is 12.1 Å². The third-order valence-electron chi connectivity index (χ3n) is 2.75. The zero-order chi connectivity index (χ0) is 12.0. The van der Waals surface area contributed by atoms with Crippen LogP contribution in [0.3, 0.4) is 0 Å². The minimum Gasteiger partial charge on any atom is -0.392 e. The lowest BCUT2D eigenvalue weighted by Gasteiger charge is -2.19. The van der Waals surface area contributed by atoms with E-state index in [2.05, 4.69) is 12.2 Å². The molecule has 2 N–H and O–H groups in total. The van der Waals surface area contributed by atoms with Gasteiger partial charge < -0.3 is 10.4 Å². The highest BCUT2D eigenvalue weighted by Gasteiger charge is 2.10. The molecular formula is C13H20FNO. The van der Waals surface area contributed by atoms with Crippen molar-refractivity contribution in [3.8, 4) is 0 Å². The molecule has 3 heteroatoms. The summed E-state index contributed by atoms with van der Waals surface area (Å²) in [6, 6.07) is 6.69. The lowest BCUT2D eigenvalue weighted by atomic mass is 10.0. The molecule has 2 nitrogen and oxygen atoms in total. The van der Waals surface area contributed by atoms with Crippen LogP contribution in [0, 0.1) is 5.82 Å². The van der Waals surface area contributed by atoms with Crippen LogP contribution in [0.5, 0.6) is 0 Å². The van der Waals surface area contributed by atoms with E-state index in [0.29, 0.717) is 6.54 Å². The second-order valence-electron chi connectivity index (χ2n) is 3.98. The van der Waals surface area contributed by atoms with Crippen molar-refractivity contribution in [2.24, 2.45) is 0 Å². The van der Waals surface area contributed by atoms with E-state index in [-0.39, 0.29) is 18.0 Å². The van der Waals surface area contributed by atoms with Crippen LogP contribution in [-0.2, 0) is 0 Å². The van der Waals surface area contributed by atoms with Gasteiger partial charge in [0, 0.05) is 12.6 Å². The van der Waals surface area contributed by atoms with E-state index in [0.717, 1.165) is 18.4 Å². The number of halogens is 1. The maximum Gasteiger partial charge on any atom is 0.123 e. The molecule has 1 aromatic carbocycles. The summed E-state index contributed by atoms with van der Waals surface area (Å²) in [5, 5.41) is 12.8. The molecule has 0 fully saturated rings. The van der Waals surface area contributed by atoms with E-state index < -0.39 is 0 Å². The number of rotatable bonds is 6. The number of hydrogen-bond acceptors (Lipinski definition) is 2. The zero-order valence-electron chi connectivity index (χ0n) is 9.91. The lowest BCUT2D eigenvalue weighted by Crippen LogP contribution is -2.29. The molecule has 1 rings (SSSR count). The molecule has 0 aliphatic heterocycles. The van der Waals surface area contributed by atoms with Gasteiger partial charge in [0.15, 0.2) is 0 Å². The van der Waals surface area contributed by atoms with E-state index in [4.69, 9.17) is 0 Å². The number of hydrogen-bond donors (Lipinski definition) is 2. The van der Waals surface area contributed by atoms with Crippen molar-refractivity contribution in [1.82, 2.24) is 5.32 Å². The monoisotopic (exact) mass is 225 g/mol. The predicted octanol–water partition coefficient (Wildman–Crippen LogP) is 2.64. The van der Waals surface area contributed by atoms with Gasteiger partial charge in [-0.3, -0.25) is 0 Å². The molecular weight excluding hydrogens is 205 g/mol. The molecule has 0 heterocycles. The summed E-state index contributed by atoms with van der Waals surface area (Å²) in [5.41, 5.74) is 1.06. The molecule has 0 bridgehead atoms. The molecule has 16 heavy (non-hydrogen) atoms. The Morgan fingerprint density at radius 1 is 1.19 bits per heavy atom. The molecule has 90 valence electrons. The fourth-order valence-electron chi connectivity index (χ4n) is 1.62. The molecule has 0 aliphatic rings. The van der Waals surface area contributed by atoms with Crippen molar-refractivity contribution in [3.63, 3.8) is 0 Å². The summed E-state index contributed by atoms with van der Waals surface area (Å²) in [4.78, 5) is 0. The van der Waals surface area contributed by atoms with Crippen molar-refractivity contribution in [2.45, 2.75) is 38.8 Å². The van der Waals surface area contributed by atoms with Gasteiger partial charge >= 0.3 is 0 Å². The highest BCUT2D eigenvalue weighted by molar-refractivity contribution is 5.19. The van der Waals surface area contributed by atoms with Crippen LogP contribution < -0.4 is 5.32 Å². The minimum absolute atomic E-state index is 0.182. The van der Waals surface area contributed by atoms with Crippen molar-refractivity contribution in [3.05, 3.63) is 35.6 Å². The molecule has 0 aliphatic carbocycles. The molecule has 0 spiro atoms. The van der Waals surface area contributed by atoms with E-state index in [1.165, 1.54) is 12.1 Å². The van der Waals surface area contributed by atoms with Gasteiger partial charge in [-0.2, -0.15) is 0 Å². The van der Waals surface area contributed by atoms with Gasteiger partial charge in [0.2, 0.25) is 0 Å². The Hall–Kier alpha value is -0.930. The highest BCUT2D eigenvalue weighted by atomic mass is 19.1. The van der Waals surface area contributed by atoms with Crippen molar-refractivity contribution in [1.29, 1.82) is 0 Å². The van der Waals surface area contributed by atoms with Crippen LogP contribution in [0.15, 0.2) is 24.3 Å². The maximum atomic E-state index is 12.8. The first kappa shape index (κ1) is 13.1. The van der Waals surface area contributed by atoms with Crippen LogP contribution in [-0.4, -0.2) is 17.8 Å². The van der Waals surface area contributed by atoms with Crippen LogP contribution >= 0.6 is 0 Å². The lowest BCUT2D eigenvalue weighted by molar-refractivity contribution is 0.162. The molecule has 0 amide bonds. The summed E-state index contributed by atoms with van der Waals surface area (Å²) in [6.45, 7) is 4.59. The molecule has 0 saturated heterocycles. The SMILES string of the molecule is CCC(O)CNC(CC)c1ccc(F)cc1. The van der Waals surface area contributed by atoms with Gasteiger partial charge in [0.25, 0.3) is 0 Å². The summed E-state index contributed by atoms with van der Waals surface area (Å²) >= 11 is 0. The van der Waals surface area contributed by atoms with Crippen molar-refractivity contribution in [2.75, 3.05) is 6.54 Å². The molecule has 1 aromatic rings. The Balaban J connectivity index is 2.57. The molecule has 0 saturated carbocycles. The van der Waals surface area contributed by atoms with Crippen LogP contribution in [0.25, 0.3) is 0 Å². The summed E-state index contributed by atoms with van der Waals surface area (Å²) in [6.07, 6.45) is 1.35. The largest absolute Gasteiger partial charge is 0.392 e. The first-order chi connectivity index (χ1) is 7.67. The Morgan fingerprint density at radius 2 is 1.81 bits per heavy atom. The Morgan fingerprint density at radius 3 is 2.31 bits per heavy atom. The first-order valence-electron chi connectivity index (χ1n) is 5.84. The second-order valence-corrected chi connectivity index (χ2v) is 3.98. The average molecular weight is 225 g/mol. The molecule has 0 aromatic heterocycles. The third kappa shape index (κ3) is 3.91. The molecule has 2 unspecified atom stereocenters.